The van der Waals surface area contributed by atoms with E-state index in [1.54, 1.807) is 0 Å². The van der Waals surface area contributed by atoms with E-state index in [2.05, 4.69) is 27.7 Å². The summed E-state index contributed by atoms with van der Waals surface area (Å²) in [6.45, 7) is 17.0. The van der Waals surface area contributed by atoms with Gasteiger partial charge >= 0.3 is 0 Å². The van der Waals surface area contributed by atoms with Gasteiger partial charge in [0.25, 0.3) is 14.3 Å². The molecule has 0 saturated heterocycles. The van der Waals surface area contributed by atoms with Crippen molar-refractivity contribution in [3.05, 3.63) is 0 Å². The number of hydrogen-bond donors (Lipinski definition) is 0. The molecule has 0 rings (SSSR count). The zero-order valence-corrected chi connectivity index (χ0v) is 18.6. The van der Waals surface area contributed by atoms with Crippen LogP contribution in [0.2, 0.25) is 23.7 Å². The molecule has 2 unspecified atom stereocenters. The molecule has 0 aromatic heterocycles. The zero-order chi connectivity index (χ0) is 18.1. The van der Waals surface area contributed by atoms with Crippen molar-refractivity contribution in [2.45, 2.75) is 104 Å². The lowest BCUT2D eigenvalue weighted by molar-refractivity contribution is -0.139. The molecule has 0 fully saturated rings. The first-order valence-electron chi connectivity index (χ1n) is 9.25. The SMILES string of the molecule is CCC[Si](CCC)(OC(=O)C(C)C[Si]OC(C)(C)C)C(C)CC. The Balaban J connectivity index is 4.80. The maximum Gasteiger partial charge on any atom is 0.295 e. The lowest BCUT2D eigenvalue weighted by atomic mass is 10.2. The van der Waals surface area contributed by atoms with E-state index in [-0.39, 0.29) is 17.5 Å². The molecule has 23 heavy (non-hydrogen) atoms. The van der Waals surface area contributed by atoms with E-state index in [0.29, 0.717) is 15.3 Å². The van der Waals surface area contributed by atoms with Crippen LogP contribution in [-0.2, 0) is 13.6 Å². The summed E-state index contributed by atoms with van der Waals surface area (Å²) in [7, 11) is -1.63. The van der Waals surface area contributed by atoms with Crippen molar-refractivity contribution < 1.29 is 13.6 Å². The third-order valence-corrected chi connectivity index (χ3v) is 11.4. The summed E-state index contributed by atoms with van der Waals surface area (Å²) in [5.74, 6) is -0.0656. The highest BCUT2D eigenvalue weighted by Gasteiger charge is 2.42. The highest BCUT2D eigenvalue weighted by atomic mass is 28.4. The molecule has 0 aromatic carbocycles. The topological polar surface area (TPSA) is 35.5 Å². The molecule has 3 nitrogen and oxygen atoms in total. The van der Waals surface area contributed by atoms with Gasteiger partial charge in [0.05, 0.1) is 5.92 Å². The van der Waals surface area contributed by atoms with E-state index < -0.39 is 8.32 Å². The first kappa shape index (κ1) is 22.9. The summed E-state index contributed by atoms with van der Waals surface area (Å²) >= 11 is 0. The molecule has 0 N–H and O–H groups in total. The van der Waals surface area contributed by atoms with Crippen LogP contribution in [-0.4, -0.2) is 29.7 Å². The number of hydrogen-bond acceptors (Lipinski definition) is 3. The summed E-state index contributed by atoms with van der Waals surface area (Å²) in [6, 6.07) is 2.95. The van der Waals surface area contributed by atoms with Gasteiger partial charge in [0, 0.05) is 5.60 Å². The zero-order valence-electron chi connectivity index (χ0n) is 16.6. The van der Waals surface area contributed by atoms with E-state index >= 15 is 0 Å². The first-order chi connectivity index (χ1) is 10.6. The molecule has 0 saturated carbocycles. The Kier molecular flexibility index (Phi) is 10.6. The van der Waals surface area contributed by atoms with E-state index in [0.717, 1.165) is 37.4 Å². The van der Waals surface area contributed by atoms with E-state index in [1.165, 1.54) is 0 Å². The molecular weight excluding hydrogens is 320 g/mol. The molecule has 0 aliphatic carbocycles. The normalized spacial score (nSPS) is 15.3. The number of carbonyl (C=O) groups excluding carboxylic acids is 1. The summed E-state index contributed by atoms with van der Waals surface area (Å²) in [6.07, 6.45) is 3.31. The fraction of sp³-hybridized carbons (Fsp3) is 0.944. The van der Waals surface area contributed by atoms with Gasteiger partial charge in [0.15, 0.2) is 0 Å². The quantitative estimate of drug-likeness (QED) is 0.452. The average molecular weight is 359 g/mol. The van der Waals surface area contributed by atoms with Gasteiger partial charge in [-0.05, 0) is 44.4 Å². The standard InChI is InChI=1S/C18H38O3Si2/c1-9-12-23(13-10-2,16(5)11-3)20-17(19)15(4)14-22-21-18(6,7)8/h15-16H,9-14H2,1-8H3. The van der Waals surface area contributed by atoms with Crippen LogP contribution < -0.4 is 0 Å². The van der Waals surface area contributed by atoms with Gasteiger partial charge in [0.2, 0.25) is 9.76 Å². The molecule has 0 aliphatic heterocycles. The Morgan fingerprint density at radius 2 is 1.61 bits per heavy atom. The highest BCUT2D eigenvalue weighted by molar-refractivity contribution is 6.76. The second kappa shape index (κ2) is 10.7. The van der Waals surface area contributed by atoms with Crippen LogP contribution in [0.3, 0.4) is 0 Å². The Hall–Kier alpha value is -0.136. The molecule has 0 amide bonds. The molecule has 136 valence electrons. The largest absolute Gasteiger partial charge is 0.519 e. The number of rotatable bonds is 11. The van der Waals surface area contributed by atoms with Crippen LogP contribution in [0.5, 0.6) is 0 Å². The van der Waals surface area contributed by atoms with Gasteiger partial charge in [-0.15, -0.1) is 0 Å². The minimum absolute atomic E-state index is 0.00359. The third kappa shape index (κ3) is 8.50. The van der Waals surface area contributed by atoms with Gasteiger partial charge in [0.1, 0.15) is 0 Å². The maximum absolute atomic E-state index is 12.6. The van der Waals surface area contributed by atoms with Gasteiger partial charge < -0.3 is 8.85 Å². The molecular formula is C18H38O3Si2. The lowest BCUT2D eigenvalue weighted by Crippen LogP contribution is -2.45. The summed E-state index contributed by atoms with van der Waals surface area (Å²) in [5, 5.41) is 0. The predicted molar refractivity (Wildman–Crippen MR) is 102 cm³/mol. The molecule has 0 spiro atoms. The van der Waals surface area contributed by atoms with Crippen molar-refractivity contribution in [3.63, 3.8) is 0 Å². The van der Waals surface area contributed by atoms with E-state index in [1.807, 2.05) is 27.7 Å². The van der Waals surface area contributed by atoms with Crippen molar-refractivity contribution in [2.24, 2.45) is 5.92 Å². The van der Waals surface area contributed by atoms with Gasteiger partial charge in [-0.3, -0.25) is 4.79 Å². The second-order valence-corrected chi connectivity index (χ2v) is 13.0. The van der Waals surface area contributed by atoms with Crippen molar-refractivity contribution in [1.29, 1.82) is 0 Å². The highest BCUT2D eigenvalue weighted by Crippen LogP contribution is 2.36. The van der Waals surface area contributed by atoms with Gasteiger partial charge in [-0.25, -0.2) is 0 Å². The van der Waals surface area contributed by atoms with Gasteiger partial charge in [-0.1, -0.05) is 53.9 Å². The maximum atomic E-state index is 12.6. The second-order valence-electron chi connectivity index (χ2n) is 7.76. The van der Waals surface area contributed by atoms with E-state index in [4.69, 9.17) is 8.85 Å². The smallest absolute Gasteiger partial charge is 0.295 e. The Bertz CT molecular complexity index is 334. The number of carbonyl (C=O) groups is 1. The van der Waals surface area contributed by atoms with Crippen LogP contribution in [0.15, 0.2) is 0 Å². The third-order valence-electron chi connectivity index (χ3n) is 4.33. The minimum Gasteiger partial charge on any atom is -0.519 e. The van der Waals surface area contributed by atoms with Crippen molar-refractivity contribution in [1.82, 2.24) is 0 Å². The van der Waals surface area contributed by atoms with Crippen LogP contribution in [0, 0.1) is 5.92 Å². The summed E-state index contributed by atoms with van der Waals surface area (Å²) in [4.78, 5) is 12.6. The summed E-state index contributed by atoms with van der Waals surface area (Å²) in [5.41, 5.74) is 0.397. The minimum atomic E-state index is -1.99. The average Bonchev–Trinajstić information content (AvgIpc) is 2.45. The van der Waals surface area contributed by atoms with Crippen molar-refractivity contribution >= 4 is 24.0 Å². The van der Waals surface area contributed by atoms with Crippen LogP contribution in [0.4, 0.5) is 0 Å². The monoisotopic (exact) mass is 358 g/mol. The predicted octanol–water partition coefficient (Wildman–Crippen LogP) is 5.58. The summed E-state index contributed by atoms with van der Waals surface area (Å²) < 4.78 is 12.0. The molecule has 2 atom stereocenters. The lowest BCUT2D eigenvalue weighted by Gasteiger charge is -2.36. The van der Waals surface area contributed by atoms with Crippen molar-refractivity contribution in [2.75, 3.05) is 0 Å². The molecule has 5 heteroatoms. The Morgan fingerprint density at radius 3 is 2.00 bits per heavy atom. The molecule has 2 radical (unpaired) electrons. The van der Waals surface area contributed by atoms with Gasteiger partial charge in [-0.2, -0.15) is 0 Å². The molecule has 0 aliphatic rings. The van der Waals surface area contributed by atoms with Crippen molar-refractivity contribution in [3.8, 4) is 0 Å². The van der Waals surface area contributed by atoms with E-state index in [9.17, 15) is 4.79 Å². The Labute approximate surface area is 148 Å². The fourth-order valence-corrected chi connectivity index (χ4v) is 8.42. The van der Waals surface area contributed by atoms with Crippen LogP contribution in [0.1, 0.15) is 74.7 Å². The molecule has 0 heterocycles. The van der Waals surface area contributed by atoms with Crippen LogP contribution >= 0.6 is 0 Å². The molecule has 0 bridgehead atoms. The first-order valence-corrected chi connectivity index (χ1v) is 12.8. The fourth-order valence-electron chi connectivity index (χ4n) is 2.81. The molecule has 0 aromatic rings. The Morgan fingerprint density at radius 1 is 1.09 bits per heavy atom. The van der Waals surface area contributed by atoms with Crippen LogP contribution in [0.25, 0.3) is 0 Å².